The average molecular weight is 420 g/mol. The number of carbonyl (C=O) groups is 1. The van der Waals surface area contributed by atoms with Gasteiger partial charge in [0.05, 0.1) is 23.3 Å². The normalized spacial score (nSPS) is 11.8. The second kappa shape index (κ2) is 8.99. The van der Waals surface area contributed by atoms with Gasteiger partial charge < -0.3 is 19.7 Å². The molecule has 1 unspecified atom stereocenters. The first-order valence-electron chi connectivity index (χ1n) is 8.49. The van der Waals surface area contributed by atoms with Crippen LogP contribution in [-0.4, -0.2) is 23.5 Å². The summed E-state index contributed by atoms with van der Waals surface area (Å²) in [5.41, 5.74) is 1.13. The Hall–Kier alpha value is -2.71. The van der Waals surface area contributed by atoms with E-state index in [0.717, 1.165) is 11.8 Å². The van der Waals surface area contributed by atoms with E-state index in [-0.39, 0.29) is 10.9 Å². The molecule has 0 aliphatic carbocycles. The summed E-state index contributed by atoms with van der Waals surface area (Å²) >= 11 is 7.11. The van der Waals surface area contributed by atoms with Gasteiger partial charge in [-0.25, -0.2) is 0 Å². The number of anilines is 1. The lowest BCUT2D eigenvalue weighted by Gasteiger charge is -2.15. The fourth-order valence-electron chi connectivity index (χ4n) is 2.52. The van der Waals surface area contributed by atoms with Gasteiger partial charge in [0.25, 0.3) is 5.03 Å². The second-order valence-corrected chi connectivity index (χ2v) is 7.39. The average Bonchev–Trinajstić information content (AvgIpc) is 3.07. The van der Waals surface area contributed by atoms with E-state index in [4.69, 9.17) is 20.9 Å². The topological polar surface area (TPSA) is 91.3 Å². The molecule has 0 spiro atoms. The van der Waals surface area contributed by atoms with Gasteiger partial charge in [0.15, 0.2) is 5.95 Å². The summed E-state index contributed by atoms with van der Waals surface area (Å²) in [5, 5.41) is 18.9. The largest absolute Gasteiger partial charge is 0.538 e. The minimum atomic E-state index is -0.597. The van der Waals surface area contributed by atoms with Crippen LogP contribution in [0.25, 0.3) is 5.69 Å². The standard InChI is InChI=1S/C19H18ClN3O4S/c1-3-16(17(24)21-14-11-12(20)9-10-15(14)26-2)28-18-19(25)27-22-23(18)13-7-5-4-6-8-13/h4-11,16H,3H2,1-2H3,(H-,21,22,24,25). The summed E-state index contributed by atoms with van der Waals surface area (Å²) in [7, 11) is 1.51. The summed E-state index contributed by atoms with van der Waals surface area (Å²) in [6.07, 6.45) is 0.485. The van der Waals surface area contributed by atoms with Gasteiger partial charge in [-0.15, -0.1) is 0 Å². The Bertz CT molecular complexity index is 965. The Labute approximate surface area is 171 Å². The summed E-state index contributed by atoms with van der Waals surface area (Å²) in [4.78, 5) is 12.8. The fourth-order valence-corrected chi connectivity index (χ4v) is 3.67. The predicted octanol–water partition coefficient (Wildman–Crippen LogP) is 3.20. The smallest absolute Gasteiger partial charge is 0.298 e. The number of thioether (sulfide) groups is 1. The number of carbonyl (C=O) groups excluding carboxylic acids is 1. The lowest BCUT2D eigenvalue weighted by molar-refractivity contribution is -0.705. The lowest BCUT2D eigenvalue weighted by Crippen LogP contribution is -2.36. The van der Waals surface area contributed by atoms with Crippen LogP contribution >= 0.6 is 23.4 Å². The number of ether oxygens (including phenoxy) is 1. The molecule has 7 nitrogen and oxygen atoms in total. The maximum atomic E-state index is 12.8. The van der Waals surface area contributed by atoms with E-state index in [2.05, 4.69) is 10.6 Å². The van der Waals surface area contributed by atoms with Crippen molar-refractivity contribution in [3.63, 3.8) is 0 Å². The summed E-state index contributed by atoms with van der Waals surface area (Å²) in [6, 6.07) is 14.1. The maximum absolute atomic E-state index is 12.8. The van der Waals surface area contributed by atoms with Crippen molar-refractivity contribution in [3.05, 3.63) is 53.6 Å². The summed E-state index contributed by atoms with van der Waals surface area (Å²) in [6.45, 7) is 1.86. The van der Waals surface area contributed by atoms with Crippen molar-refractivity contribution in [1.29, 1.82) is 0 Å². The van der Waals surface area contributed by atoms with E-state index < -0.39 is 11.2 Å². The highest BCUT2D eigenvalue weighted by atomic mass is 35.5. The number of amides is 1. The molecule has 0 saturated carbocycles. The first-order chi connectivity index (χ1) is 13.5. The number of nitrogens with zero attached hydrogens (tertiary/aromatic N) is 2. The van der Waals surface area contributed by atoms with Gasteiger partial charge in [-0.2, -0.15) is 0 Å². The molecule has 1 N–H and O–H groups in total. The highest BCUT2D eigenvalue weighted by Gasteiger charge is 2.28. The third kappa shape index (κ3) is 4.40. The van der Waals surface area contributed by atoms with Crippen molar-refractivity contribution in [2.75, 3.05) is 12.4 Å². The van der Waals surface area contributed by atoms with Crippen LogP contribution in [0.4, 0.5) is 5.69 Å². The number of benzene rings is 2. The van der Waals surface area contributed by atoms with Gasteiger partial charge in [0.2, 0.25) is 11.6 Å². The molecule has 3 rings (SSSR count). The third-order valence-electron chi connectivity index (χ3n) is 3.91. The van der Waals surface area contributed by atoms with Crippen LogP contribution in [0, 0.1) is 0 Å². The minimum Gasteiger partial charge on any atom is -0.538 e. The molecule has 1 aromatic heterocycles. The van der Waals surface area contributed by atoms with E-state index in [1.54, 1.807) is 30.3 Å². The highest BCUT2D eigenvalue weighted by molar-refractivity contribution is 8.00. The predicted molar refractivity (Wildman–Crippen MR) is 104 cm³/mol. The Morgan fingerprint density at radius 2 is 2.11 bits per heavy atom. The molecule has 28 heavy (non-hydrogen) atoms. The molecule has 9 heteroatoms. The first-order valence-corrected chi connectivity index (χ1v) is 9.74. The van der Waals surface area contributed by atoms with E-state index in [1.165, 1.54) is 11.8 Å². The van der Waals surface area contributed by atoms with Gasteiger partial charge in [-0.3, -0.25) is 4.79 Å². The minimum absolute atomic E-state index is 0.228. The number of halogens is 1. The Morgan fingerprint density at radius 3 is 2.79 bits per heavy atom. The monoisotopic (exact) mass is 419 g/mol. The van der Waals surface area contributed by atoms with Gasteiger partial charge in [0.1, 0.15) is 5.75 Å². The SMILES string of the molecule is CCC(Sc1c([O-])on[n+]1-c1ccccc1)C(=O)Nc1cc(Cl)ccc1OC. The van der Waals surface area contributed by atoms with Crippen LogP contribution in [0.5, 0.6) is 11.7 Å². The Balaban J connectivity index is 1.83. The molecular formula is C19H18ClN3O4S. The summed E-state index contributed by atoms with van der Waals surface area (Å²) < 4.78 is 11.5. The van der Waals surface area contributed by atoms with Gasteiger partial charge in [-0.05, 0) is 41.1 Å². The fraction of sp³-hybridized carbons (Fsp3) is 0.211. The van der Waals surface area contributed by atoms with E-state index in [1.807, 2.05) is 25.1 Å². The van der Waals surface area contributed by atoms with Crippen molar-refractivity contribution >= 4 is 35.0 Å². The maximum Gasteiger partial charge on any atom is 0.298 e. The van der Waals surface area contributed by atoms with Gasteiger partial charge in [-0.1, -0.05) is 36.7 Å². The molecule has 0 aliphatic rings. The van der Waals surface area contributed by atoms with Crippen molar-refractivity contribution in [2.24, 2.45) is 0 Å². The number of aromatic nitrogens is 2. The van der Waals surface area contributed by atoms with E-state index >= 15 is 0 Å². The molecule has 146 valence electrons. The molecule has 2 aromatic carbocycles. The lowest BCUT2D eigenvalue weighted by atomic mass is 10.2. The van der Waals surface area contributed by atoms with Gasteiger partial charge >= 0.3 is 0 Å². The van der Waals surface area contributed by atoms with Gasteiger partial charge in [0, 0.05) is 17.2 Å². The molecule has 0 fully saturated rings. The zero-order valence-corrected chi connectivity index (χ0v) is 16.8. The molecule has 0 bridgehead atoms. The molecule has 1 heterocycles. The molecule has 1 amide bonds. The quantitative estimate of drug-likeness (QED) is 0.467. The van der Waals surface area contributed by atoms with Crippen LogP contribution in [0.2, 0.25) is 5.02 Å². The first kappa shape index (κ1) is 20.0. The number of hydrogen-bond acceptors (Lipinski definition) is 6. The Morgan fingerprint density at radius 1 is 1.36 bits per heavy atom. The molecular weight excluding hydrogens is 402 g/mol. The van der Waals surface area contributed by atoms with Crippen LogP contribution < -0.4 is 19.8 Å². The van der Waals surface area contributed by atoms with Crippen LogP contribution in [0.3, 0.4) is 0 Å². The van der Waals surface area contributed by atoms with Crippen molar-refractivity contribution in [2.45, 2.75) is 23.6 Å². The second-order valence-electron chi connectivity index (χ2n) is 5.76. The van der Waals surface area contributed by atoms with E-state index in [9.17, 15) is 9.90 Å². The zero-order valence-electron chi connectivity index (χ0n) is 15.2. The van der Waals surface area contributed by atoms with Crippen molar-refractivity contribution in [1.82, 2.24) is 5.27 Å². The molecule has 0 aliphatic heterocycles. The molecule has 0 saturated heterocycles. The van der Waals surface area contributed by atoms with Crippen molar-refractivity contribution in [3.8, 4) is 17.4 Å². The van der Waals surface area contributed by atoms with Crippen molar-refractivity contribution < 1.29 is 23.8 Å². The third-order valence-corrected chi connectivity index (χ3v) is 5.54. The number of para-hydroxylation sites is 1. The molecule has 3 aromatic rings. The number of hydrogen-bond donors (Lipinski definition) is 1. The van der Waals surface area contributed by atoms with Crippen LogP contribution in [-0.2, 0) is 4.79 Å². The number of nitrogens with one attached hydrogen (secondary N) is 1. The van der Waals surface area contributed by atoms with Crippen LogP contribution in [0.15, 0.2) is 58.1 Å². The highest BCUT2D eigenvalue weighted by Crippen LogP contribution is 2.32. The summed E-state index contributed by atoms with van der Waals surface area (Å²) in [5.74, 6) is -0.389. The Kier molecular flexibility index (Phi) is 6.43. The number of rotatable bonds is 7. The molecule has 0 radical (unpaired) electrons. The number of methoxy groups -OCH3 is 1. The van der Waals surface area contributed by atoms with Crippen LogP contribution in [0.1, 0.15) is 13.3 Å². The zero-order chi connectivity index (χ0) is 20.1. The molecule has 1 atom stereocenters. The van der Waals surface area contributed by atoms with E-state index in [0.29, 0.717) is 28.6 Å².